The third-order valence-electron chi connectivity index (χ3n) is 3.67. The highest BCUT2D eigenvalue weighted by molar-refractivity contribution is 7.80. The van der Waals surface area contributed by atoms with E-state index in [2.05, 4.69) is 67.0 Å². The smallest absolute Gasteiger partial charge is 0.186 e. The lowest BCUT2D eigenvalue weighted by atomic mass is 9.77. The van der Waals surface area contributed by atoms with E-state index in [0.717, 1.165) is 31.5 Å². The number of benzene rings is 1. The zero-order valence-corrected chi connectivity index (χ0v) is 14.5. The summed E-state index contributed by atoms with van der Waals surface area (Å²) < 4.78 is 0. The first kappa shape index (κ1) is 16.7. The third-order valence-corrected chi connectivity index (χ3v) is 3.91. The minimum absolute atomic E-state index is 0.279. The fourth-order valence-electron chi connectivity index (χ4n) is 2.89. The van der Waals surface area contributed by atoms with Crippen LogP contribution in [0, 0.1) is 5.41 Å². The molecule has 0 unspecified atom stereocenters. The van der Waals surface area contributed by atoms with Crippen LogP contribution >= 0.6 is 12.2 Å². The molecule has 0 saturated carbocycles. The third kappa shape index (κ3) is 5.60. The lowest BCUT2D eigenvalue weighted by Gasteiger charge is -2.29. The van der Waals surface area contributed by atoms with Crippen LogP contribution in [-0.4, -0.2) is 17.4 Å². The van der Waals surface area contributed by atoms with Gasteiger partial charge in [0, 0.05) is 6.54 Å². The van der Waals surface area contributed by atoms with Crippen LogP contribution in [0.3, 0.4) is 0 Å². The van der Waals surface area contributed by atoms with Crippen molar-refractivity contribution in [3.05, 3.63) is 47.5 Å². The van der Waals surface area contributed by atoms with Crippen LogP contribution in [0.4, 0.5) is 0 Å². The molecule has 0 saturated heterocycles. The number of thiocarbonyl (C=S) groups is 1. The van der Waals surface area contributed by atoms with Crippen molar-refractivity contribution in [3.63, 3.8) is 0 Å². The average molecular weight is 315 g/mol. The minimum Gasteiger partial charge on any atom is -0.361 e. The van der Waals surface area contributed by atoms with Gasteiger partial charge in [-0.2, -0.15) is 5.10 Å². The molecule has 0 bridgehead atoms. The predicted molar refractivity (Wildman–Crippen MR) is 98.1 cm³/mol. The maximum absolute atomic E-state index is 5.27. The molecule has 0 atom stereocenters. The first-order valence-corrected chi connectivity index (χ1v) is 8.17. The highest BCUT2D eigenvalue weighted by atomic mass is 32.1. The van der Waals surface area contributed by atoms with Gasteiger partial charge in [-0.05, 0) is 55.5 Å². The van der Waals surface area contributed by atoms with E-state index >= 15 is 0 Å². The molecular formula is C18H25N3S. The van der Waals surface area contributed by atoms with Gasteiger partial charge >= 0.3 is 0 Å². The van der Waals surface area contributed by atoms with E-state index in [1.807, 2.05) is 6.07 Å². The van der Waals surface area contributed by atoms with E-state index < -0.39 is 0 Å². The van der Waals surface area contributed by atoms with E-state index in [0.29, 0.717) is 5.11 Å². The van der Waals surface area contributed by atoms with Gasteiger partial charge in [0.25, 0.3) is 0 Å². The first-order chi connectivity index (χ1) is 10.4. The maximum Gasteiger partial charge on any atom is 0.186 e. The quantitative estimate of drug-likeness (QED) is 0.655. The number of hydrazone groups is 1. The molecule has 2 N–H and O–H groups in total. The molecule has 0 radical (unpaired) electrons. The lowest BCUT2D eigenvalue weighted by Crippen LogP contribution is -2.34. The Morgan fingerprint density at radius 2 is 1.95 bits per heavy atom. The van der Waals surface area contributed by atoms with E-state index in [4.69, 9.17) is 12.2 Å². The van der Waals surface area contributed by atoms with E-state index in [-0.39, 0.29) is 5.41 Å². The molecule has 3 nitrogen and oxygen atoms in total. The second-order valence-corrected chi connectivity index (χ2v) is 7.12. The molecule has 0 fully saturated rings. The number of hydrogen-bond acceptors (Lipinski definition) is 2. The van der Waals surface area contributed by atoms with Crippen molar-refractivity contribution in [2.24, 2.45) is 10.5 Å². The van der Waals surface area contributed by atoms with Crippen molar-refractivity contribution >= 4 is 23.0 Å². The largest absolute Gasteiger partial charge is 0.361 e. The van der Waals surface area contributed by atoms with Gasteiger partial charge in [0.05, 0.1) is 5.71 Å². The zero-order chi connectivity index (χ0) is 16.0. The molecule has 1 aliphatic carbocycles. The highest BCUT2D eigenvalue weighted by Crippen LogP contribution is 2.33. The number of hydrogen-bond donors (Lipinski definition) is 2. The van der Waals surface area contributed by atoms with Crippen LogP contribution in [0.5, 0.6) is 0 Å². The first-order valence-electron chi connectivity index (χ1n) is 7.76. The van der Waals surface area contributed by atoms with Gasteiger partial charge in [-0.3, -0.25) is 5.43 Å². The molecule has 118 valence electrons. The van der Waals surface area contributed by atoms with Crippen LogP contribution in [0.1, 0.15) is 39.2 Å². The van der Waals surface area contributed by atoms with Gasteiger partial charge in [0.2, 0.25) is 0 Å². The van der Waals surface area contributed by atoms with E-state index in [1.54, 1.807) is 0 Å². The van der Waals surface area contributed by atoms with Gasteiger partial charge < -0.3 is 5.32 Å². The van der Waals surface area contributed by atoms with Crippen LogP contribution in [-0.2, 0) is 6.42 Å². The van der Waals surface area contributed by atoms with Gasteiger partial charge in [-0.1, -0.05) is 49.8 Å². The Bertz CT molecular complexity index is 573. The molecule has 0 spiro atoms. The molecule has 0 aliphatic heterocycles. The number of nitrogens with zero attached hydrogens (tertiary/aromatic N) is 1. The predicted octanol–water partition coefficient (Wildman–Crippen LogP) is 3.82. The maximum atomic E-state index is 5.27. The summed E-state index contributed by atoms with van der Waals surface area (Å²) in [5.41, 5.74) is 6.99. The summed E-state index contributed by atoms with van der Waals surface area (Å²) in [6, 6.07) is 10.4. The van der Waals surface area contributed by atoms with E-state index in [9.17, 15) is 0 Å². The Balaban J connectivity index is 1.78. The van der Waals surface area contributed by atoms with E-state index in [1.165, 1.54) is 11.1 Å². The zero-order valence-electron chi connectivity index (χ0n) is 13.6. The van der Waals surface area contributed by atoms with Crippen molar-refractivity contribution in [2.45, 2.75) is 40.0 Å². The number of allylic oxidation sites excluding steroid dienone is 2. The topological polar surface area (TPSA) is 36.4 Å². The Kier molecular flexibility index (Phi) is 5.72. The van der Waals surface area contributed by atoms with Crippen LogP contribution in [0.25, 0.3) is 0 Å². The summed E-state index contributed by atoms with van der Waals surface area (Å²) in [5, 5.41) is 8.22. The van der Waals surface area contributed by atoms with Crippen molar-refractivity contribution in [1.29, 1.82) is 0 Å². The molecule has 0 aromatic heterocycles. The SMILES string of the molecule is CC1=C/C(=N/NC(=S)NCCc2ccccc2)CC(C)(C)C1. The van der Waals surface area contributed by atoms with Crippen LogP contribution < -0.4 is 10.7 Å². The summed E-state index contributed by atoms with van der Waals surface area (Å²) in [5.74, 6) is 0. The Morgan fingerprint density at radius 3 is 2.64 bits per heavy atom. The van der Waals surface area contributed by atoms with Crippen LogP contribution in [0.15, 0.2) is 47.1 Å². The van der Waals surface area contributed by atoms with Crippen molar-refractivity contribution < 1.29 is 0 Å². The summed E-state index contributed by atoms with van der Waals surface area (Å²) >= 11 is 5.27. The molecule has 1 aromatic carbocycles. The minimum atomic E-state index is 0.279. The second-order valence-electron chi connectivity index (χ2n) is 6.71. The molecule has 2 rings (SSSR count). The molecule has 22 heavy (non-hydrogen) atoms. The summed E-state index contributed by atoms with van der Waals surface area (Å²) in [7, 11) is 0. The van der Waals surface area contributed by atoms with Crippen LogP contribution in [0.2, 0.25) is 0 Å². The molecule has 4 heteroatoms. The van der Waals surface area contributed by atoms with Crippen molar-refractivity contribution in [2.75, 3.05) is 6.54 Å². The Morgan fingerprint density at radius 1 is 1.23 bits per heavy atom. The molecule has 1 aliphatic rings. The lowest BCUT2D eigenvalue weighted by molar-refractivity contribution is 0.373. The van der Waals surface area contributed by atoms with Gasteiger partial charge in [0.1, 0.15) is 0 Å². The monoisotopic (exact) mass is 315 g/mol. The summed E-state index contributed by atoms with van der Waals surface area (Å²) in [6.45, 7) is 7.51. The molecule has 0 heterocycles. The Labute approximate surface area is 138 Å². The summed E-state index contributed by atoms with van der Waals surface area (Å²) in [4.78, 5) is 0. The standard InChI is InChI=1S/C18H25N3S/c1-14-11-16(13-18(2,3)12-14)20-21-17(22)19-10-9-15-7-5-4-6-8-15/h4-8,11H,9-10,12-13H2,1-3H3,(H2,19,21,22)/b20-16-. The second kappa shape index (κ2) is 7.54. The molecule has 1 aromatic rings. The van der Waals surface area contributed by atoms with Gasteiger partial charge in [0.15, 0.2) is 5.11 Å². The van der Waals surface area contributed by atoms with Gasteiger partial charge in [-0.25, -0.2) is 0 Å². The normalized spacial score (nSPS) is 18.7. The highest BCUT2D eigenvalue weighted by Gasteiger charge is 2.24. The van der Waals surface area contributed by atoms with Crippen molar-refractivity contribution in [1.82, 2.24) is 10.7 Å². The number of rotatable bonds is 4. The fraction of sp³-hybridized carbons (Fsp3) is 0.444. The average Bonchev–Trinajstić information content (AvgIpc) is 2.44. The Hall–Kier alpha value is -1.68. The van der Waals surface area contributed by atoms with Gasteiger partial charge in [-0.15, -0.1) is 0 Å². The molecular weight excluding hydrogens is 290 g/mol. The summed E-state index contributed by atoms with van der Waals surface area (Å²) in [6.07, 6.45) is 5.21. The fourth-order valence-corrected chi connectivity index (χ4v) is 3.04. The molecule has 0 amide bonds. The number of nitrogens with one attached hydrogen (secondary N) is 2. The van der Waals surface area contributed by atoms with Crippen molar-refractivity contribution in [3.8, 4) is 0 Å².